The van der Waals surface area contributed by atoms with Crippen LogP contribution in [0.15, 0.2) is 55.7 Å². The summed E-state index contributed by atoms with van der Waals surface area (Å²) < 4.78 is 35.9. The highest BCUT2D eigenvalue weighted by molar-refractivity contribution is 7.98. The first-order chi connectivity index (χ1) is 18.1. The van der Waals surface area contributed by atoms with E-state index in [0.29, 0.717) is 34.0 Å². The van der Waals surface area contributed by atoms with Crippen LogP contribution in [0.4, 0.5) is 20.3 Å². The fourth-order valence-corrected chi connectivity index (χ4v) is 4.70. The van der Waals surface area contributed by atoms with Crippen LogP contribution in [0.5, 0.6) is 0 Å². The molecule has 2 aromatic heterocycles. The summed E-state index contributed by atoms with van der Waals surface area (Å²) in [5.41, 5.74) is 3.80. The van der Waals surface area contributed by atoms with Crippen molar-refractivity contribution in [2.45, 2.75) is 58.8 Å². The van der Waals surface area contributed by atoms with E-state index in [-0.39, 0.29) is 11.6 Å². The van der Waals surface area contributed by atoms with E-state index in [2.05, 4.69) is 34.3 Å². The van der Waals surface area contributed by atoms with E-state index in [1.165, 1.54) is 28.8 Å². The molecular weight excluding hydrogens is 506 g/mol. The van der Waals surface area contributed by atoms with Crippen molar-refractivity contribution in [3.8, 4) is 0 Å². The summed E-state index contributed by atoms with van der Waals surface area (Å²) in [5.74, 6) is 1.77. The summed E-state index contributed by atoms with van der Waals surface area (Å²) in [7, 11) is 1.61. The number of benzene rings is 1. The molecule has 0 atom stereocenters. The highest BCUT2D eigenvalue weighted by Gasteiger charge is 2.34. The Kier molecular flexibility index (Phi) is 8.40. The maximum atomic E-state index is 15.0. The van der Waals surface area contributed by atoms with Gasteiger partial charge in [0.05, 0.1) is 6.20 Å². The zero-order valence-corrected chi connectivity index (χ0v) is 23.7. The SMILES string of the molecule is CC/C(C)=C(/C(=C(\N=C(/C)N(C)c1c(F)cc(SC)cc1F)Nc1cc(C)[nH]n1)C1CC1)c1cnc(C)o1. The van der Waals surface area contributed by atoms with Crippen molar-refractivity contribution in [1.82, 2.24) is 15.2 Å². The minimum absolute atomic E-state index is 0.154. The maximum absolute atomic E-state index is 15.0. The first-order valence-electron chi connectivity index (χ1n) is 12.6. The molecule has 2 heterocycles. The number of hydrogen-bond acceptors (Lipinski definition) is 6. The highest BCUT2D eigenvalue weighted by Crippen LogP contribution is 2.46. The average Bonchev–Trinajstić information content (AvgIpc) is 3.50. The summed E-state index contributed by atoms with van der Waals surface area (Å²) >= 11 is 1.29. The van der Waals surface area contributed by atoms with Gasteiger partial charge in [-0.3, -0.25) is 5.10 Å². The van der Waals surface area contributed by atoms with Crippen LogP contribution in [0.2, 0.25) is 0 Å². The molecule has 202 valence electrons. The van der Waals surface area contributed by atoms with E-state index in [1.54, 1.807) is 26.4 Å². The standard InChI is InChI=1S/C28H34F2N6OS/c1-8-15(2)25(23-14-31-18(5)37-23)26(19-9-10-19)28(33-24-11-16(3)34-35-24)32-17(4)36(6)27-21(29)12-20(38-7)13-22(27)30/h11-14,19H,8-10H2,1-7H3,(H2,33,34,35)/b25-15+,28-26+,32-17+. The van der Waals surface area contributed by atoms with Crippen molar-refractivity contribution < 1.29 is 13.2 Å². The molecule has 0 unspecified atom stereocenters. The van der Waals surface area contributed by atoms with Crippen molar-refractivity contribution in [1.29, 1.82) is 0 Å². The zero-order valence-electron chi connectivity index (χ0n) is 22.9. The Bertz CT molecular complexity index is 1390. The van der Waals surface area contributed by atoms with Crippen LogP contribution in [0.1, 0.15) is 57.4 Å². The molecule has 0 spiro atoms. The van der Waals surface area contributed by atoms with Crippen LogP contribution in [0, 0.1) is 31.4 Å². The number of thioether (sulfide) groups is 1. The van der Waals surface area contributed by atoms with Crippen molar-refractivity contribution in [2.75, 3.05) is 23.5 Å². The minimum Gasteiger partial charge on any atom is -0.441 e. The predicted octanol–water partition coefficient (Wildman–Crippen LogP) is 7.49. The highest BCUT2D eigenvalue weighted by atomic mass is 32.2. The van der Waals surface area contributed by atoms with Crippen LogP contribution < -0.4 is 10.2 Å². The van der Waals surface area contributed by atoms with Crippen LogP contribution in [-0.4, -0.2) is 34.3 Å². The van der Waals surface area contributed by atoms with E-state index >= 15 is 0 Å². The van der Waals surface area contributed by atoms with Gasteiger partial charge >= 0.3 is 0 Å². The van der Waals surface area contributed by atoms with Crippen LogP contribution in [-0.2, 0) is 0 Å². The summed E-state index contributed by atoms with van der Waals surface area (Å²) in [6.07, 6.45) is 6.32. The van der Waals surface area contributed by atoms with Crippen molar-refractivity contribution in [2.24, 2.45) is 10.9 Å². The number of H-pyrrole nitrogens is 1. The molecule has 1 aliphatic rings. The normalized spacial score (nSPS) is 15.3. The number of rotatable bonds is 9. The number of nitrogens with one attached hydrogen (secondary N) is 2. The van der Waals surface area contributed by atoms with Gasteiger partial charge in [-0.2, -0.15) is 5.10 Å². The van der Waals surface area contributed by atoms with E-state index < -0.39 is 11.6 Å². The van der Waals surface area contributed by atoms with Gasteiger partial charge in [0.15, 0.2) is 29.1 Å². The third-order valence-corrected chi connectivity index (χ3v) is 7.31. The Morgan fingerprint density at radius 3 is 2.39 bits per heavy atom. The lowest BCUT2D eigenvalue weighted by Crippen LogP contribution is -2.26. The number of allylic oxidation sites excluding steroid dienone is 3. The van der Waals surface area contributed by atoms with Gasteiger partial charge in [-0.1, -0.05) is 12.5 Å². The summed E-state index contributed by atoms with van der Waals surface area (Å²) in [4.78, 5) is 11.2. The lowest BCUT2D eigenvalue weighted by Gasteiger charge is -2.23. The number of aromatic nitrogens is 3. The molecule has 1 aromatic carbocycles. The third-order valence-electron chi connectivity index (χ3n) is 6.61. The van der Waals surface area contributed by atoms with Crippen molar-refractivity contribution >= 4 is 34.7 Å². The number of aryl methyl sites for hydroxylation is 2. The number of amidine groups is 1. The van der Waals surface area contributed by atoms with Gasteiger partial charge < -0.3 is 14.6 Å². The fourth-order valence-electron chi connectivity index (χ4n) is 4.25. The molecule has 2 N–H and O–H groups in total. The second-order valence-electron chi connectivity index (χ2n) is 9.51. The second kappa shape index (κ2) is 11.6. The molecule has 7 nitrogen and oxygen atoms in total. The van der Waals surface area contributed by atoms with Crippen molar-refractivity contribution in [3.05, 3.63) is 70.3 Å². The molecule has 3 aromatic rings. The number of aliphatic imine (C=N–C) groups is 1. The molecule has 0 bridgehead atoms. The van der Waals surface area contributed by atoms with Gasteiger partial charge in [-0.15, -0.1) is 11.8 Å². The predicted molar refractivity (Wildman–Crippen MR) is 150 cm³/mol. The minimum atomic E-state index is -0.644. The monoisotopic (exact) mass is 540 g/mol. The molecule has 4 rings (SSSR count). The molecule has 1 fully saturated rings. The Balaban J connectivity index is 1.90. The number of halogens is 2. The smallest absolute Gasteiger partial charge is 0.191 e. The van der Waals surface area contributed by atoms with Gasteiger partial charge in [0, 0.05) is 41.8 Å². The molecule has 1 aliphatic carbocycles. The van der Waals surface area contributed by atoms with Gasteiger partial charge in [0.25, 0.3) is 0 Å². The molecule has 38 heavy (non-hydrogen) atoms. The number of aromatic amines is 1. The molecule has 10 heteroatoms. The van der Waals surface area contributed by atoms with E-state index in [1.807, 2.05) is 19.9 Å². The summed E-state index contributed by atoms with van der Waals surface area (Å²) in [6, 6.07) is 4.55. The molecule has 0 radical (unpaired) electrons. The first-order valence-corrected chi connectivity index (χ1v) is 13.8. The topological polar surface area (TPSA) is 82.3 Å². The van der Waals surface area contributed by atoms with Gasteiger partial charge in [-0.05, 0) is 64.3 Å². The van der Waals surface area contributed by atoms with Crippen LogP contribution >= 0.6 is 11.8 Å². The second-order valence-corrected chi connectivity index (χ2v) is 10.4. The number of oxazole rings is 1. The molecule has 1 saturated carbocycles. The average molecular weight is 541 g/mol. The molecule has 0 saturated heterocycles. The van der Waals surface area contributed by atoms with Gasteiger partial charge in [0.2, 0.25) is 0 Å². The number of anilines is 2. The van der Waals surface area contributed by atoms with E-state index in [4.69, 9.17) is 9.41 Å². The summed E-state index contributed by atoms with van der Waals surface area (Å²) in [5, 5.41) is 10.7. The maximum Gasteiger partial charge on any atom is 0.191 e. The lowest BCUT2D eigenvalue weighted by molar-refractivity contribution is 0.509. The Morgan fingerprint density at radius 2 is 1.89 bits per heavy atom. The largest absolute Gasteiger partial charge is 0.441 e. The Hall–Kier alpha value is -3.40. The lowest BCUT2D eigenvalue weighted by atomic mass is 9.93. The molecule has 0 amide bonds. The molecule has 0 aliphatic heterocycles. The Morgan fingerprint density at radius 1 is 1.21 bits per heavy atom. The van der Waals surface area contributed by atoms with Gasteiger partial charge in [0.1, 0.15) is 17.3 Å². The first kappa shape index (κ1) is 27.6. The molecular formula is C28H34F2N6OS. The number of hydrogen-bond donors (Lipinski definition) is 2. The van der Waals surface area contributed by atoms with Gasteiger partial charge in [-0.25, -0.2) is 18.8 Å². The summed E-state index contributed by atoms with van der Waals surface area (Å²) in [6.45, 7) is 9.64. The third kappa shape index (κ3) is 6.01. The van der Waals surface area contributed by atoms with E-state index in [9.17, 15) is 8.78 Å². The Labute approximate surface area is 226 Å². The van der Waals surface area contributed by atoms with Crippen molar-refractivity contribution in [3.63, 3.8) is 0 Å². The zero-order chi connectivity index (χ0) is 27.6. The van der Waals surface area contributed by atoms with Crippen LogP contribution in [0.25, 0.3) is 5.57 Å². The quantitative estimate of drug-likeness (QED) is 0.127. The van der Waals surface area contributed by atoms with E-state index in [0.717, 1.165) is 41.7 Å². The number of nitrogens with zero attached hydrogens (tertiary/aromatic N) is 4. The fraction of sp³-hybridized carbons (Fsp3) is 0.393. The van der Waals surface area contributed by atoms with Crippen LogP contribution in [0.3, 0.4) is 0 Å².